The molecule has 1 aliphatic rings. The van der Waals surface area contributed by atoms with Crippen LogP contribution in [0, 0.1) is 5.92 Å². The predicted molar refractivity (Wildman–Crippen MR) is 124 cm³/mol. The van der Waals surface area contributed by atoms with Gasteiger partial charge in [-0.1, -0.05) is 23.9 Å². The molecule has 0 saturated heterocycles. The van der Waals surface area contributed by atoms with Crippen molar-refractivity contribution >= 4 is 40.9 Å². The highest BCUT2D eigenvalue weighted by Gasteiger charge is 2.29. The van der Waals surface area contributed by atoms with Gasteiger partial charge in [0.15, 0.2) is 0 Å². The lowest BCUT2D eigenvalue weighted by Gasteiger charge is -2.09. The molecule has 1 saturated carbocycles. The van der Waals surface area contributed by atoms with E-state index < -0.39 is 0 Å². The Morgan fingerprint density at radius 3 is 2.30 bits per heavy atom. The third-order valence-corrected chi connectivity index (χ3v) is 5.98. The molecule has 0 aliphatic heterocycles. The van der Waals surface area contributed by atoms with E-state index in [4.69, 9.17) is 0 Å². The number of nitrogens with zero attached hydrogens (tertiary/aromatic N) is 4. The van der Waals surface area contributed by atoms with Crippen molar-refractivity contribution in [2.45, 2.75) is 24.5 Å². The van der Waals surface area contributed by atoms with E-state index in [0.29, 0.717) is 23.0 Å². The van der Waals surface area contributed by atoms with E-state index in [1.807, 2.05) is 24.3 Å². The van der Waals surface area contributed by atoms with Gasteiger partial charge in [-0.3, -0.25) is 14.4 Å². The molecule has 3 N–H and O–H groups in total. The van der Waals surface area contributed by atoms with E-state index in [9.17, 15) is 14.4 Å². The summed E-state index contributed by atoms with van der Waals surface area (Å²) >= 11 is 1.23. The Morgan fingerprint density at radius 2 is 1.67 bits per heavy atom. The molecule has 1 heterocycles. The highest BCUT2D eigenvalue weighted by Crippen LogP contribution is 2.30. The third-order valence-electron chi connectivity index (χ3n) is 4.97. The van der Waals surface area contributed by atoms with Crippen LogP contribution in [-0.2, 0) is 23.2 Å². The van der Waals surface area contributed by atoms with Gasteiger partial charge in [0, 0.05) is 36.4 Å². The fraction of sp³-hybridized carbons (Fsp3) is 0.273. The van der Waals surface area contributed by atoms with Crippen LogP contribution >= 0.6 is 11.8 Å². The Morgan fingerprint density at radius 1 is 1.00 bits per heavy atom. The third kappa shape index (κ3) is 6.39. The minimum absolute atomic E-state index is 0.0668. The van der Waals surface area contributed by atoms with Crippen molar-refractivity contribution in [2.24, 2.45) is 13.0 Å². The van der Waals surface area contributed by atoms with Crippen molar-refractivity contribution in [1.29, 1.82) is 0 Å². The number of anilines is 2. The van der Waals surface area contributed by atoms with Gasteiger partial charge in [-0.2, -0.15) is 0 Å². The standard InChI is InChI=1S/C22H23N7O3S/c1-29-22(26-27-28-29)33-13-19(30)24-17-10-6-15(7-11-17)20(31)23-12-14-2-8-18(9-3-14)25-21(32)16-4-5-16/h2-3,6-11,16H,4-5,12-13H2,1H3,(H,23,31)(H,24,30)(H,25,32). The molecule has 1 fully saturated rings. The molecule has 33 heavy (non-hydrogen) atoms. The summed E-state index contributed by atoms with van der Waals surface area (Å²) in [5.74, 6) is -0.0259. The average Bonchev–Trinajstić information content (AvgIpc) is 3.59. The quantitative estimate of drug-likeness (QED) is 0.413. The molecule has 0 spiro atoms. The largest absolute Gasteiger partial charge is 0.348 e. The number of rotatable bonds is 9. The van der Waals surface area contributed by atoms with Crippen LogP contribution in [0.5, 0.6) is 0 Å². The summed E-state index contributed by atoms with van der Waals surface area (Å²) in [7, 11) is 1.70. The maximum absolute atomic E-state index is 12.4. The predicted octanol–water partition coefficient (Wildman–Crippen LogP) is 2.22. The molecular weight excluding hydrogens is 442 g/mol. The fourth-order valence-corrected chi connectivity index (χ4v) is 3.61. The van der Waals surface area contributed by atoms with Crippen LogP contribution in [0.2, 0.25) is 0 Å². The molecule has 2 aromatic carbocycles. The zero-order valence-corrected chi connectivity index (χ0v) is 18.8. The maximum Gasteiger partial charge on any atom is 0.251 e. The van der Waals surface area contributed by atoms with Crippen LogP contribution in [0.3, 0.4) is 0 Å². The number of hydrogen-bond acceptors (Lipinski definition) is 7. The van der Waals surface area contributed by atoms with Gasteiger partial charge in [0.2, 0.25) is 17.0 Å². The van der Waals surface area contributed by atoms with Gasteiger partial charge >= 0.3 is 0 Å². The highest BCUT2D eigenvalue weighted by molar-refractivity contribution is 7.99. The molecular formula is C22H23N7O3S. The van der Waals surface area contributed by atoms with Crippen LogP contribution in [0.15, 0.2) is 53.7 Å². The van der Waals surface area contributed by atoms with Crippen molar-refractivity contribution in [3.8, 4) is 0 Å². The highest BCUT2D eigenvalue weighted by atomic mass is 32.2. The summed E-state index contributed by atoms with van der Waals surface area (Å²) in [5, 5.41) is 20.1. The lowest BCUT2D eigenvalue weighted by Crippen LogP contribution is -2.23. The number of aromatic nitrogens is 4. The number of hydrogen-bond donors (Lipinski definition) is 3. The zero-order valence-electron chi connectivity index (χ0n) is 17.9. The molecule has 1 aliphatic carbocycles. The number of amides is 3. The van der Waals surface area contributed by atoms with E-state index in [0.717, 1.165) is 24.1 Å². The van der Waals surface area contributed by atoms with Gasteiger partial charge in [0.25, 0.3) is 5.91 Å². The van der Waals surface area contributed by atoms with Gasteiger partial charge in [0.1, 0.15) is 0 Å². The molecule has 0 bridgehead atoms. The first kappa shape index (κ1) is 22.5. The second kappa shape index (κ2) is 10.3. The van der Waals surface area contributed by atoms with E-state index in [2.05, 4.69) is 31.5 Å². The minimum atomic E-state index is -0.218. The number of aryl methyl sites for hydroxylation is 1. The number of benzene rings is 2. The van der Waals surface area contributed by atoms with Gasteiger partial charge in [-0.15, -0.1) is 5.10 Å². The summed E-state index contributed by atoms with van der Waals surface area (Å²) in [6.07, 6.45) is 1.92. The molecule has 4 rings (SSSR count). The van der Waals surface area contributed by atoms with Gasteiger partial charge < -0.3 is 16.0 Å². The monoisotopic (exact) mass is 465 g/mol. The summed E-state index contributed by atoms with van der Waals surface area (Å²) in [6.45, 7) is 0.363. The Balaban J connectivity index is 1.22. The Hall–Kier alpha value is -3.73. The van der Waals surface area contributed by atoms with Crippen LogP contribution in [0.1, 0.15) is 28.8 Å². The van der Waals surface area contributed by atoms with Crippen molar-refractivity contribution in [3.63, 3.8) is 0 Å². The first-order valence-corrected chi connectivity index (χ1v) is 11.4. The smallest absolute Gasteiger partial charge is 0.251 e. The molecule has 10 nitrogen and oxygen atoms in total. The van der Waals surface area contributed by atoms with E-state index in [1.165, 1.54) is 16.4 Å². The van der Waals surface area contributed by atoms with Crippen molar-refractivity contribution < 1.29 is 14.4 Å². The maximum atomic E-state index is 12.4. The number of carbonyl (C=O) groups is 3. The Bertz CT molecular complexity index is 1140. The molecule has 170 valence electrons. The SMILES string of the molecule is Cn1nnnc1SCC(=O)Nc1ccc(C(=O)NCc2ccc(NC(=O)C3CC3)cc2)cc1. The number of tetrazole rings is 1. The lowest BCUT2D eigenvalue weighted by molar-refractivity contribution is -0.117. The average molecular weight is 466 g/mol. The first-order valence-electron chi connectivity index (χ1n) is 10.4. The summed E-state index contributed by atoms with van der Waals surface area (Å²) < 4.78 is 1.49. The van der Waals surface area contributed by atoms with E-state index in [-0.39, 0.29) is 29.4 Å². The van der Waals surface area contributed by atoms with Crippen molar-refractivity contribution in [2.75, 3.05) is 16.4 Å². The van der Waals surface area contributed by atoms with Crippen molar-refractivity contribution in [3.05, 3.63) is 59.7 Å². The number of nitrogens with one attached hydrogen (secondary N) is 3. The second-order valence-electron chi connectivity index (χ2n) is 7.64. The Kier molecular flexibility index (Phi) is 6.98. The molecule has 0 radical (unpaired) electrons. The van der Waals surface area contributed by atoms with E-state index >= 15 is 0 Å². The molecule has 3 aromatic rings. The van der Waals surface area contributed by atoms with Gasteiger partial charge in [-0.25, -0.2) is 4.68 Å². The molecule has 3 amide bonds. The molecule has 0 atom stereocenters. The van der Waals surface area contributed by atoms with Crippen LogP contribution in [-0.4, -0.2) is 43.7 Å². The summed E-state index contributed by atoms with van der Waals surface area (Å²) in [5.41, 5.74) is 2.76. The summed E-state index contributed by atoms with van der Waals surface area (Å²) in [6, 6.07) is 14.1. The van der Waals surface area contributed by atoms with Crippen LogP contribution in [0.25, 0.3) is 0 Å². The fourth-order valence-electron chi connectivity index (χ4n) is 2.96. The van der Waals surface area contributed by atoms with Crippen LogP contribution < -0.4 is 16.0 Å². The first-order chi connectivity index (χ1) is 16.0. The molecule has 0 unspecified atom stereocenters. The van der Waals surface area contributed by atoms with Gasteiger partial charge in [0.05, 0.1) is 5.75 Å². The second-order valence-corrected chi connectivity index (χ2v) is 8.58. The number of thioether (sulfide) groups is 1. The zero-order chi connectivity index (χ0) is 23.2. The van der Waals surface area contributed by atoms with E-state index in [1.54, 1.807) is 31.3 Å². The van der Waals surface area contributed by atoms with Gasteiger partial charge in [-0.05, 0) is 65.2 Å². The molecule has 11 heteroatoms. The van der Waals surface area contributed by atoms with Crippen LogP contribution in [0.4, 0.5) is 11.4 Å². The number of carbonyl (C=O) groups excluding carboxylic acids is 3. The summed E-state index contributed by atoms with van der Waals surface area (Å²) in [4.78, 5) is 36.3. The molecule has 1 aromatic heterocycles. The topological polar surface area (TPSA) is 131 Å². The minimum Gasteiger partial charge on any atom is -0.348 e. The normalized spacial score (nSPS) is 12.8. The Labute approximate surface area is 194 Å². The lowest BCUT2D eigenvalue weighted by atomic mass is 10.1. The van der Waals surface area contributed by atoms with Crippen molar-refractivity contribution in [1.82, 2.24) is 25.5 Å².